The third-order valence-electron chi connectivity index (χ3n) is 3.23. The van der Waals surface area contributed by atoms with Crippen molar-refractivity contribution < 1.29 is 19.1 Å². The number of para-hydroxylation sites is 1. The molecule has 0 aliphatic carbocycles. The number of hydrazine groups is 1. The number of carbonyl (C=O) groups excluding carboxylic acids is 2. The van der Waals surface area contributed by atoms with Crippen LogP contribution in [0.5, 0.6) is 11.5 Å². The summed E-state index contributed by atoms with van der Waals surface area (Å²) < 4.78 is 11.3. The molecule has 2 rings (SSSR count). The van der Waals surface area contributed by atoms with Crippen LogP contribution in [0.2, 0.25) is 5.02 Å². The van der Waals surface area contributed by atoms with Gasteiger partial charge in [0, 0.05) is 5.56 Å². The number of thiocarbonyl (C=S) groups is 1. The van der Waals surface area contributed by atoms with Gasteiger partial charge in [0.05, 0.1) is 16.1 Å². The fourth-order valence-electron chi connectivity index (χ4n) is 1.99. The Morgan fingerprint density at radius 3 is 2.54 bits per heavy atom. The molecular formula is C18H17BrClN3O4S. The highest BCUT2D eigenvalue weighted by molar-refractivity contribution is 9.10. The molecule has 0 bridgehead atoms. The van der Waals surface area contributed by atoms with Crippen molar-refractivity contribution in [1.82, 2.24) is 16.2 Å². The van der Waals surface area contributed by atoms with Crippen LogP contribution < -0.4 is 25.6 Å². The largest absolute Gasteiger partial charge is 0.493 e. The number of ether oxygens (including phenoxy) is 2. The van der Waals surface area contributed by atoms with E-state index in [1.807, 2.05) is 6.92 Å². The third-order valence-corrected chi connectivity index (χ3v) is 4.37. The summed E-state index contributed by atoms with van der Waals surface area (Å²) >= 11 is 14.3. The van der Waals surface area contributed by atoms with Crippen LogP contribution in [0.4, 0.5) is 0 Å². The number of hydrogen-bond acceptors (Lipinski definition) is 5. The minimum Gasteiger partial charge on any atom is -0.493 e. The fourth-order valence-corrected chi connectivity index (χ4v) is 2.82. The Morgan fingerprint density at radius 1 is 1.11 bits per heavy atom. The van der Waals surface area contributed by atoms with Crippen molar-refractivity contribution in [3.63, 3.8) is 0 Å². The highest BCUT2D eigenvalue weighted by atomic mass is 79.9. The zero-order valence-electron chi connectivity index (χ0n) is 14.8. The van der Waals surface area contributed by atoms with Gasteiger partial charge in [0.15, 0.2) is 11.7 Å². The molecule has 3 N–H and O–H groups in total. The topological polar surface area (TPSA) is 88.7 Å². The van der Waals surface area contributed by atoms with Gasteiger partial charge in [0.25, 0.3) is 11.8 Å². The van der Waals surface area contributed by atoms with Gasteiger partial charge in [-0.25, -0.2) is 0 Å². The van der Waals surface area contributed by atoms with Crippen LogP contribution in [-0.2, 0) is 4.79 Å². The second kappa shape index (κ2) is 10.8. The molecule has 0 atom stereocenters. The molecule has 0 aromatic heterocycles. The maximum atomic E-state index is 12.2. The summed E-state index contributed by atoms with van der Waals surface area (Å²) in [6, 6.07) is 11.7. The average molecular weight is 487 g/mol. The summed E-state index contributed by atoms with van der Waals surface area (Å²) in [5.74, 6) is 0.0740. The van der Waals surface area contributed by atoms with Crippen molar-refractivity contribution in [2.75, 3.05) is 13.2 Å². The molecule has 2 aromatic carbocycles. The minimum atomic E-state index is -0.500. The lowest BCUT2D eigenvalue weighted by molar-refractivity contribution is -0.123. The molecule has 0 aliphatic rings. The lowest BCUT2D eigenvalue weighted by atomic mass is 10.2. The first-order valence-electron chi connectivity index (χ1n) is 8.10. The predicted octanol–water partition coefficient (Wildman–Crippen LogP) is 3.22. The number of benzene rings is 2. The molecule has 0 spiro atoms. The molecule has 7 nitrogen and oxygen atoms in total. The van der Waals surface area contributed by atoms with Crippen LogP contribution in [0.1, 0.15) is 17.3 Å². The molecule has 10 heteroatoms. The van der Waals surface area contributed by atoms with E-state index in [0.717, 1.165) is 0 Å². The van der Waals surface area contributed by atoms with Crippen LogP contribution in [0, 0.1) is 0 Å². The van der Waals surface area contributed by atoms with Crippen molar-refractivity contribution in [2.24, 2.45) is 0 Å². The smallest absolute Gasteiger partial charge is 0.276 e. The summed E-state index contributed by atoms with van der Waals surface area (Å²) in [7, 11) is 0. The van der Waals surface area contributed by atoms with Crippen molar-refractivity contribution in [3.05, 3.63) is 57.5 Å². The molecule has 0 aliphatic heterocycles. The standard InChI is InChI=1S/C18H17BrClN3O4S/c1-2-26-14-8-7-11(9-12(14)19)17(25)21-18(28)23-22-16(24)10-27-15-6-4-3-5-13(15)20/h3-9H,2,10H2,1H3,(H,22,24)(H2,21,23,25,28). The maximum Gasteiger partial charge on any atom is 0.276 e. The Labute approximate surface area is 180 Å². The molecule has 0 radical (unpaired) electrons. The lowest BCUT2D eigenvalue weighted by Crippen LogP contribution is -2.49. The monoisotopic (exact) mass is 485 g/mol. The van der Waals surface area contributed by atoms with E-state index in [4.69, 9.17) is 33.3 Å². The predicted molar refractivity (Wildman–Crippen MR) is 114 cm³/mol. The van der Waals surface area contributed by atoms with Gasteiger partial charge in [-0.3, -0.25) is 25.8 Å². The first-order chi connectivity index (χ1) is 13.4. The number of nitrogens with one attached hydrogen (secondary N) is 3. The summed E-state index contributed by atoms with van der Waals surface area (Å²) in [5.41, 5.74) is 5.12. The molecule has 0 saturated heterocycles. The van der Waals surface area contributed by atoms with E-state index in [-0.39, 0.29) is 11.7 Å². The van der Waals surface area contributed by atoms with E-state index >= 15 is 0 Å². The minimum absolute atomic E-state index is 0.0684. The third kappa shape index (κ3) is 6.66. The zero-order chi connectivity index (χ0) is 20.5. The van der Waals surface area contributed by atoms with Gasteiger partial charge in [0.1, 0.15) is 11.5 Å². The van der Waals surface area contributed by atoms with Crippen molar-refractivity contribution >= 4 is 56.7 Å². The van der Waals surface area contributed by atoms with Crippen molar-refractivity contribution in [3.8, 4) is 11.5 Å². The normalized spacial score (nSPS) is 9.96. The van der Waals surface area contributed by atoms with Crippen molar-refractivity contribution in [2.45, 2.75) is 6.92 Å². The first-order valence-corrected chi connectivity index (χ1v) is 9.68. The number of carbonyl (C=O) groups is 2. The number of amides is 2. The fraction of sp³-hybridized carbons (Fsp3) is 0.167. The van der Waals surface area contributed by atoms with Crippen LogP contribution in [-0.4, -0.2) is 30.1 Å². The molecule has 0 unspecified atom stereocenters. The molecule has 0 heterocycles. The maximum absolute atomic E-state index is 12.2. The van der Waals surface area contributed by atoms with Crippen LogP contribution in [0.3, 0.4) is 0 Å². The Kier molecular flexibility index (Phi) is 8.49. The van der Waals surface area contributed by atoms with Gasteiger partial charge >= 0.3 is 0 Å². The van der Waals surface area contributed by atoms with E-state index in [0.29, 0.717) is 33.2 Å². The second-order valence-electron chi connectivity index (χ2n) is 5.25. The molecule has 28 heavy (non-hydrogen) atoms. The Morgan fingerprint density at radius 2 is 1.86 bits per heavy atom. The number of halogens is 2. The Bertz CT molecular complexity index is 882. The zero-order valence-corrected chi connectivity index (χ0v) is 17.9. The van der Waals surface area contributed by atoms with Gasteiger partial charge in [-0.05, 0) is 65.4 Å². The Balaban J connectivity index is 1.78. The molecule has 2 amide bonds. The van der Waals surface area contributed by atoms with Crippen LogP contribution in [0.15, 0.2) is 46.9 Å². The molecular weight excluding hydrogens is 470 g/mol. The molecule has 0 fully saturated rings. The Hall–Kier alpha value is -2.36. The molecule has 148 valence electrons. The number of hydrogen-bond donors (Lipinski definition) is 3. The van der Waals surface area contributed by atoms with E-state index in [1.54, 1.807) is 42.5 Å². The second-order valence-corrected chi connectivity index (χ2v) is 6.92. The van der Waals surface area contributed by atoms with E-state index in [1.165, 1.54) is 0 Å². The molecule has 0 saturated carbocycles. The molecule has 2 aromatic rings. The quantitative estimate of drug-likeness (QED) is 0.429. The lowest BCUT2D eigenvalue weighted by Gasteiger charge is -2.12. The summed E-state index contributed by atoms with van der Waals surface area (Å²) in [6.07, 6.45) is 0. The van der Waals surface area contributed by atoms with Gasteiger partial charge < -0.3 is 9.47 Å². The summed E-state index contributed by atoms with van der Waals surface area (Å²) in [4.78, 5) is 24.0. The van der Waals surface area contributed by atoms with E-state index < -0.39 is 11.8 Å². The number of rotatable bonds is 6. The summed E-state index contributed by atoms with van der Waals surface area (Å²) in [5, 5.41) is 2.78. The first kappa shape index (κ1) is 21.9. The van der Waals surface area contributed by atoms with Gasteiger partial charge in [-0.1, -0.05) is 23.7 Å². The SMILES string of the molecule is CCOc1ccc(C(=O)NC(=S)NNC(=O)COc2ccccc2Cl)cc1Br. The van der Waals surface area contributed by atoms with Gasteiger partial charge in [0.2, 0.25) is 0 Å². The summed E-state index contributed by atoms with van der Waals surface area (Å²) in [6.45, 7) is 2.10. The average Bonchev–Trinajstić information content (AvgIpc) is 2.67. The van der Waals surface area contributed by atoms with Gasteiger partial charge in [-0.15, -0.1) is 0 Å². The highest BCUT2D eigenvalue weighted by Gasteiger charge is 2.11. The van der Waals surface area contributed by atoms with Crippen LogP contribution in [0.25, 0.3) is 0 Å². The highest BCUT2D eigenvalue weighted by Crippen LogP contribution is 2.26. The van der Waals surface area contributed by atoms with E-state index in [2.05, 4.69) is 32.1 Å². The van der Waals surface area contributed by atoms with Crippen LogP contribution >= 0.6 is 39.7 Å². The van der Waals surface area contributed by atoms with E-state index in [9.17, 15) is 9.59 Å². The van der Waals surface area contributed by atoms with Gasteiger partial charge in [-0.2, -0.15) is 0 Å². The van der Waals surface area contributed by atoms with Crippen molar-refractivity contribution in [1.29, 1.82) is 0 Å².